The van der Waals surface area contributed by atoms with Gasteiger partial charge in [0.15, 0.2) is 5.54 Å². The number of amides is 1. The van der Waals surface area contributed by atoms with Gasteiger partial charge in [0.1, 0.15) is 24.0 Å². The molecule has 11 heteroatoms. The number of pyridine rings is 1. The lowest BCUT2D eigenvalue weighted by atomic mass is 9.90. The van der Waals surface area contributed by atoms with Crippen LogP contribution in [0.2, 0.25) is 0 Å². The minimum Gasteiger partial charge on any atom is -0.495 e. The number of amidine groups is 1. The number of hydrogen-bond donors (Lipinski definition) is 2. The number of carbonyl (C=O) groups is 1. The third-order valence-electron chi connectivity index (χ3n) is 4.10. The van der Waals surface area contributed by atoms with Gasteiger partial charge in [-0.15, -0.1) is 0 Å². The van der Waals surface area contributed by atoms with Crippen molar-refractivity contribution in [1.82, 2.24) is 4.98 Å². The Bertz CT molecular complexity index is 924. The second kappa shape index (κ2) is 8.35. The summed E-state index contributed by atoms with van der Waals surface area (Å²) >= 11 is 0. The number of nitrogens with one attached hydrogen (secondary N) is 1. The molecule has 29 heavy (non-hydrogen) atoms. The molecule has 0 fully saturated rings. The molecule has 154 valence electrons. The van der Waals surface area contributed by atoms with E-state index < -0.39 is 36.0 Å². The van der Waals surface area contributed by atoms with E-state index in [9.17, 15) is 18.0 Å². The Morgan fingerprint density at radius 3 is 2.76 bits per heavy atom. The van der Waals surface area contributed by atoms with Gasteiger partial charge in [-0.25, -0.2) is 22.9 Å². The normalized spacial score (nSPS) is 18.9. The predicted molar refractivity (Wildman–Crippen MR) is 97.0 cm³/mol. The van der Waals surface area contributed by atoms with Crippen LogP contribution in [0.15, 0.2) is 41.5 Å². The van der Waals surface area contributed by atoms with Gasteiger partial charge >= 0.3 is 6.09 Å². The second-order valence-corrected chi connectivity index (χ2v) is 6.07. The van der Waals surface area contributed by atoms with Gasteiger partial charge in [0.25, 0.3) is 6.43 Å². The lowest BCUT2D eigenvalue weighted by Crippen LogP contribution is -2.45. The number of ether oxygens (including phenoxy) is 3. The fraction of sp³-hybridized carbons (Fsp3) is 0.278. The summed E-state index contributed by atoms with van der Waals surface area (Å²) in [5.41, 5.74) is 2.76. The number of methoxy groups -OCH3 is 1. The molecule has 1 aliphatic heterocycles. The van der Waals surface area contributed by atoms with E-state index in [0.717, 1.165) is 12.1 Å². The zero-order valence-electron chi connectivity index (χ0n) is 15.2. The number of hydrogen-bond acceptors (Lipinski definition) is 7. The fourth-order valence-electron chi connectivity index (χ4n) is 2.72. The molecule has 0 saturated carbocycles. The van der Waals surface area contributed by atoms with Gasteiger partial charge in [0.2, 0.25) is 5.88 Å². The highest BCUT2D eigenvalue weighted by Crippen LogP contribution is 2.37. The molecule has 0 saturated heterocycles. The quantitative estimate of drug-likeness (QED) is 0.785. The first-order valence-corrected chi connectivity index (χ1v) is 8.33. The summed E-state index contributed by atoms with van der Waals surface area (Å²) in [6, 6.07) is 6.09. The van der Waals surface area contributed by atoms with E-state index in [4.69, 9.17) is 19.9 Å². The molecule has 1 atom stereocenters. The van der Waals surface area contributed by atoms with Crippen LogP contribution in [0.1, 0.15) is 5.56 Å². The largest absolute Gasteiger partial charge is 0.495 e. The van der Waals surface area contributed by atoms with Crippen molar-refractivity contribution >= 4 is 17.6 Å². The monoisotopic (exact) mass is 410 g/mol. The number of aromatic nitrogens is 1. The summed E-state index contributed by atoms with van der Waals surface area (Å²) in [7, 11) is 1.46. The fourth-order valence-corrected chi connectivity index (χ4v) is 2.72. The first-order chi connectivity index (χ1) is 13.8. The van der Waals surface area contributed by atoms with Gasteiger partial charge in [-0.3, -0.25) is 10.3 Å². The first-order valence-electron chi connectivity index (χ1n) is 8.33. The zero-order valence-corrected chi connectivity index (χ0v) is 15.2. The smallest absolute Gasteiger partial charge is 0.418 e. The molecule has 1 aromatic carbocycles. The molecule has 0 radical (unpaired) electrons. The Balaban J connectivity index is 1.82. The van der Waals surface area contributed by atoms with Crippen LogP contribution in [0.4, 0.5) is 23.7 Å². The highest BCUT2D eigenvalue weighted by molar-refractivity contribution is 5.86. The molecule has 0 aliphatic carbocycles. The molecule has 0 spiro atoms. The summed E-state index contributed by atoms with van der Waals surface area (Å²) in [5.74, 6) is -0.678. The minimum atomic E-state index is -3.10. The molecular formula is C18H17F3N4O4. The Kier molecular flexibility index (Phi) is 5.87. The van der Waals surface area contributed by atoms with E-state index in [-0.39, 0.29) is 24.0 Å². The van der Waals surface area contributed by atoms with E-state index in [0.29, 0.717) is 5.75 Å². The number of rotatable bonds is 5. The Morgan fingerprint density at radius 1 is 1.34 bits per heavy atom. The SMILES string of the molecule is COc1ccc(OC(=O)Nc2ccc(F)c([C@]3(C(F)F)COCC(N)=N3)c2)nc1. The summed E-state index contributed by atoms with van der Waals surface area (Å²) in [5, 5.41) is 2.33. The topological polar surface area (TPSA) is 108 Å². The van der Waals surface area contributed by atoms with Crippen molar-refractivity contribution in [3.05, 3.63) is 47.9 Å². The number of benzene rings is 1. The Morgan fingerprint density at radius 2 is 2.14 bits per heavy atom. The standard InChI is InChI=1S/C18H17F3N4O4/c1-27-11-3-5-15(23-7-11)29-17(26)24-10-2-4-13(19)12(6-10)18(16(20)21)9-28-8-14(22)25-18/h2-7,16H,8-9H2,1H3,(H2,22,25)(H,24,26)/t18-/m0/s1. The van der Waals surface area contributed by atoms with Crippen molar-refractivity contribution in [1.29, 1.82) is 0 Å². The van der Waals surface area contributed by atoms with Gasteiger partial charge in [-0.1, -0.05) is 0 Å². The summed E-state index contributed by atoms with van der Waals surface area (Å²) in [6.45, 7) is -0.693. The molecule has 3 N–H and O–H groups in total. The van der Waals surface area contributed by atoms with Crippen molar-refractivity contribution in [2.75, 3.05) is 25.6 Å². The minimum absolute atomic E-state index is 0.0132. The molecule has 1 aromatic heterocycles. The van der Waals surface area contributed by atoms with Gasteiger partial charge in [0, 0.05) is 17.3 Å². The lowest BCUT2D eigenvalue weighted by Gasteiger charge is -2.33. The highest BCUT2D eigenvalue weighted by atomic mass is 19.3. The van der Waals surface area contributed by atoms with Crippen molar-refractivity contribution in [3.8, 4) is 11.6 Å². The van der Waals surface area contributed by atoms with Crippen LogP contribution in [-0.2, 0) is 10.3 Å². The number of nitrogens with zero attached hydrogens (tertiary/aromatic N) is 2. The van der Waals surface area contributed by atoms with E-state index >= 15 is 0 Å². The molecular weight excluding hydrogens is 393 g/mol. The van der Waals surface area contributed by atoms with Crippen molar-refractivity contribution in [3.63, 3.8) is 0 Å². The third-order valence-corrected chi connectivity index (χ3v) is 4.10. The second-order valence-electron chi connectivity index (χ2n) is 6.07. The van der Waals surface area contributed by atoms with Crippen LogP contribution < -0.4 is 20.5 Å². The lowest BCUT2D eigenvalue weighted by molar-refractivity contribution is -0.0145. The number of aliphatic imine (C=N–C) groups is 1. The first kappa shape index (κ1) is 20.4. The summed E-state index contributed by atoms with van der Waals surface area (Å²) < 4.78 is 57.0. The molecule has 0 bridgehead atoms. The van der Waals surface area contributed by atoms with Gasteiger partial charge < -0.3 is 19.9 Å². The maximum absolute atomic E-state index is 14.4. The number of halogens is 3. The molecule has 8 nitrogen and oxygen atoms in total. The van der Waals surface area contributed by atoms with Crippen molar-refractivity contribution in [2.24, 2.45) is 10.7 Å². The van der Waals surface area contributed by atoms with E-state index in [2.05, 4.69) is 15.3 Å². The maximum atomic E-state index is 14.4. The number of carbonyl (C=O) groups excluding carboxylic acids is 1. The molecule has 2 aromatic rings. The maximum Gasteiger partial charge on any atom is 0.418 e. The van der Waals surface area contributed by atoms with Crippen LogP contribution in [0, 0.1) is 5.82 Å². The van der Waals surface area contributed by atoms with E-state index in [1.165, 1.54) is 31.5 Å². The van der Waals surface area contributed by atoms with E-state index in [1.54, 1.807) is 0 Å². The molecule has 1 amide bonds. The molecule has 0 unspecified atom stereocenters. The van der Waals surface area contributed by atoms with Gasteiger partial charge in [0.05, 0.1) is 19.9 Å². The third kappa shape index (κ3) is 4.40. The Labute approximate surface area is 163 Å². The van der Waals surface area contributed by atoms with Gasteiger partial charge in [-0.05, 0) is 24.3 Å². The predicted octanol–water partition coefficient (Wildman–Crippen LogP) is 2.69. The van der Waals surface area contributed by atoms with Crippen LogP contribution in [0.3, 0.4) is 0 Å². The molecule has 1 aliphatic rings. The van der Waals surface area contributed by atoms with E-state index in [1.807, 2.05) is 0 Å². The van der Waals surface area contributed by atoms with Gasteiger partial charge in [-0.2, -0.15) is 0 Å². The van der Waals surface area contributed by atoms with Crippen LogP contribution in [0.25, 0.3) is 0 Å². The average molecular weight is 410 g/mol. The summed E-state index contributed by atoms with van der Waals surface area (Å²) in [6.07, 6.45) is -2.70. The van der Waals surface area contributed by atoms with Crippen LogP contribution >= 0.6 is 0 Å². The highest BCUT2D eigenvalue weighted by Gasteiger charge is 2.46. The number of anilines is 1. The average Bonchev–Trinajstić information content (AvgIpc) is 2.69. The number of nitrogens with two attached hydrogens (primary N) is 1. The van der Waals surface area contributed by atoms with Crippen molar-refractivity contribution < 1.29 is 32.2 Å². The molecule has 3 rings (SSSR count). The summed E-state index contributed by atoms with van der Waals surface area (Å²) in [4.78, 5) is 19.7. The zero-order chi connectivity index (χ0) is 21.0. The Hall–Kier alpha value is -3.34. The van der Waals surface area contributed by atoms with Crippen LogP contribution in [-0.4, -0.2) is 43.7 Å². The van der Waals surface area contributed by atoms with Crippen LogP contribution in [0.5, 0.6) is 11.6 Å². The number of alkyl halides is 2. The van der Waals surface area contributed by atoms with Crippen molar-refractivity contribution in [2.45, 2.75) is 12.0 Å². The molecule has 2 heterocycles.